The molecule has 0 fully saturated rings. The van der Waals surface area contributed by atoms with E-state index < -0.39 is 5.97 Å². The first-order chi connectivity index (χ1) is 12.1. The number of fused-ring (bicyclic) bond motifs is 1. The standard InChI is InChI=1S/C19H12ClN3O2/c20-14-5-6-15-17(9-14)22-16(10-18(15)23-8-7-21-11-23)12-1-3-13(4-2-12)19(24)25/h1-11H,(H,24,25). The molecular formula is C19H12ClN3O2. The quantitative estimate of drug-likeness (QED) is 0.593. The minimum atomic E-state index is -0.955. The van der Waals surface area contributed by atoms with Crippen molar-refractivity contribution in [1.29, 1.82) is 0 Å². The molecule has 0 saturated heterocycles. The maximum Gasteiger partial charge on any atom is 0.335 e. The second-order valence-corrected chi connectivity index (χ2v) is 5.98. The first-order valence-corrected chi connectivity index (χ1v) is 7.92. The van der Waals surface area contributed by atoms with Crippen molar-refractivity contribution in [2.24, 2.45) is 0 Å². The van der Waals surface area contributed by atoms with E-state index in [0.717, 1.165) is 27.8 Å². The summed E-state index contributed by atoms with van der Waals surface area (Å²) in [5, 5.41) is 10.6. The van der Waals surface area contributed by atoms with Crippen molar-refractivity contribution in [2.45, 2.75) is 0 Å². The highest BCUT2D eigenvalue weighted by atomic mass is 35.5. The van der Waals surface area contributed by atoms with Crippen LogP contribution in [0.3, 0.4) is 0 Å². The molecule has 2 heterocycles. The third kappa shape index (κ3) is 2.86. The van der Waals surface area contributed by atoms with E-state index in [2.05, 4.69) is 9.97 Å². The van der Waals surface area contributed by atoms with E-state index in [9.17, 15) is 4.79 Å². The van der Waals surface area contributed by atoms with E-state index in [1.807, 2.05) is 35.0 Å². The summed E-state index contributed by atoms with van der Waals surface area (Å²) in [6, 6.07) is 14.2. The van der Waals surface area contributed by atoms with Gasteiger partial charge in [-0.25, -0.2) is 14.8 Å². The lowest BCUT2D eigenvalue weighted by Crippen LogP contribution is -1.97. The lowest BCUT2D eigenvalue weighted by atomic mass is 10.1. The van der Waals surface area contributed by atoms with E-state index in [1.54, 1.807) is 36.8 Å². The van der Waals surface area contributed by atoms with Crippen LogP contribution in [0.15, 0.2) is 67.3 Å². The largest absolute Gasteiger partial charge is 0.478 e. The number of carbonyl (C=O) groups is 1. The molecule has 0 spiro atoms. The van der Waals surface area contributed by atoms with Gasteiger partial charge in [-0.05, 0) is 36.4 Å². The number of carboxylic acid groups (broad SMARTS) is 1. The first kappa shape index (κ1) is 15.4. The molecule has 122 valence electrons. The van der Waals surface area contributed by atoms with Gasteiger partial charge in [-0.15, -0.1) is 0 Å². The van der Waals surface area contributed by atoms with Gasteiger partial charge in [0.1, 0.15) is 0 Å². The fourth-order valence-electron chi connectivity index (χ4n) is 2.73. The molecule has 2 aromatic carbocycles. The number of carboxylic acids is 1. The number of hydrogen-bond acceptors (Lipinski definition) is 3. The average molecular weight is 350 g/mol. The van der Waals surface area contributed by atoms with Gasteiger partial charge in [0.2, 0.25) is 0 Å². The Kier molecular flexibility index (Phi) is 3.71. The normalized spacial score (nSPS) is 10.9. The Morgan fingerprint density at radius 3 is 2.56 bits per heavy atom. The number of halogens is 1. The van der Waals surface area contributed by atoms with Crippen molar-refractivity contribution in [3.63, 3.8) is 0 Å². The second-order valence-electron chi connectivity index (χ2n) is 5.54. The highest BCUT2D eigenvalue weighted by molar-refractivity contribution is 6.31. The maximum atomic E-state index is 11.0. The zero-order chi connectivity index (χ0) is 17.4. The van der Waals surface area contributed by atoms with Gasteiger partial charge in [0, 0.05) is 28.4 Å². The maximum absolute atomic E-state index is 11.0. The summed E-state index contributed by atoms with van der Waals surface area (Å²) in [7, 11) is 0. The van der Waals surface area contributed by atoms with Crippen LogP contribution in [0.5, 0.6) is 0 Å². The molecule has 0 atom stereocenters. The van der Waals surface area contributed by atoms with E-state index in [1.165, 1.54) is 0 Å². The van der Waals surface area contributed by atoms with Gasteiger partial charge in [0.15, 0.2) is 0 Å². The molecule has 5 nitrogen and oxygen atoms in total. The minimum Gasteiger partial charge on any atom is -0.478 e. The van der Waals surface area contributed by atoms with Gasteiger partial charge in [0.05, 0.1) is 28.8 Å². The van der Waals surface area contributed by atoms with E-state index in [-0.39, 0.29) is 5.56 Å². The summed E-state index contributed by atoms with van der Waals surface area (Å²) in [4.78, 5) is 19.8. The molecule has 0 unspecified atom stereocenters. The Bertz CT molecular complexity index is 1070. The molecule has 0 amide bonds. The molecule has 0 radical (unpaired) electrons. The molecule has 6 heteroatoms. The lowest BCUT2D eigenvalue weighted by molar-refractivity contribution is 0.0697. The van der Waals surface area contributed by atoms with Crippen LogP contribution in [0.25, 0.3) is 27.8 Å². The first-order valence-electron chi connectivity index (χ1n) is 7.54. The Morgan fingerprint density at radius 1 is 1.08 bits per heavy atom. The molecule has 0 bridgehead atoms. The average Bonchev–Trinajstić information content (AvgIpc) is 3.15. The minimum absolute atomic E-state index is 0.238. The Morgan fingerprint density at radius 2 is 1.88 bits per heavy atom. The molecule has 0 aliphatic carbocycles. The Labute approximate surface area is 148 Å². The highest BCUT2D eigenvalue weighted by Crippen LogP contribution is 2.29. The molecule has 4 aromatic rings. The van der Waals surface area contributed by atoms with E-state index in [4.69, 9.17) is 16.7 Å². The summed E-state index contributed by atoms with van der Waals surface area (Å²) in [6.45, 7) is 0. The number of benzene rings is 2. The molecule has 0 aliphatic heterocycles. The van der Waals surface area contributed by atoms with Crippen LogP contribution in [0.4, 0.5) is 0 Å². The molecule has 1 N–H and O–H groups in total. The van der Waals surface area contributed by atoms with Crippen molar-refractivity contribution < 1.29 is 9.90 Å². The number of pyridine rings is 1. The number of nitrogens with zero attached hydrogens (tertiary/aromatic N) is 3. The zero-order valence-corrected chi connectivity index (χ0v) is 13.7. The van der Waals surface area contributed by atoms with Crippen molar-refractivity contribution >= 4 is 28.5 Å². The third-order valence-corrected chi connectivity index (χ3v) is 4.20. The molecular weight excluding hydrogens is 338 g/mol. The van der Waals surface area contributed by atoms with Crippen LogP contribution in [0, 0.1) is 0 Å². The SMILES string of the molecule is O=C(O)c1ccc(-c2cc(-n3ccnc3)c3ccc(Cl)cc3n2)cc1. The third-order valence-electron chi connectivity index (χ3n) is 3.96. The van der Waals surface area contributed by atoms with Crippen LogP contribution in [-0.4, -0.2) is 25.6 Å². The smallest absolute Gasteiger partial charge is 0.335 e. The number of rotatable bonds is 3. The predicted molar refractivity (Wildman–Crippen MR) is 96.3 cm³/mol. The van der Waals surface area contributed by atoms with Crippen LogP contribution in [0.2, 0.25) is 5.02 Å². The van der Waals surface area contributed by atoms with Gasteiger partial charge in [-0.1, -0.05) is 23.7 Å². The monoisotopic (exact) mass is 349 g/mol. The summed E-state index contributed by atoms with van der Waals surface area (Å²) in [5.41, 5.74) is 3.48. The summed E-state index contributed by atoms with van der Waals surface area (Å²) in [6.07, 6.45) is 5.30. The van der Waals surface area contributed by atoms with Gasteiger partial charge < -0.3 is 9.67 Å². The van der Waals surface area contributed by atoms with Gasteiger partial charge in [-0.2, -0.15) is 0 Å². The van der Waals surface area contributed by atoms with Crippen molar-refractivity contribution in [3.8, 4) is 16.9 Å². The van der Waals surface area contributed by atoms with Gasteiger partial charge in [0.25, 0.3) is 0 Å². The van der Waals surface area contributed by atoms with Crippen LogP contribution >= 0.6 is 11.6 Å². The number of aromatic nitrogens is 3. The van der Waals surface area contributed by atoms with E-state index >= 15 is 0 Å². The van der Waals surface area contributed by atoms with Crippen molar-refractivity contribution in [1.82, 2.24) is 14.5 Å². The van der Waals surface area contributed by atoms with Crippen LogP contribution < -0.4 is 0 Å². The highest BCUT2D eigenvalue weighted by Gasteiger charge is 2.10. The summed E-state index contributed by atoms with van der Waals surface area (Å²) >= 11 is 6.13. The van der Waals surface area contributed by atoms with Gasteiger partial charge in [-0.3, -0.25) is 0 Å². The number of imidazole rings is 1. The van der Waals surface area contributed by atoms with Crippen molar-refractivity contribution in [3.05, 3.63) is 77.8 Å². The van der Waals surface area contributed by atoms with Crippen LogP contribution in [-0.2, 0) is 0 Å². The number of aromatic carboxylic acids is 1. The predicted octanol–water partition coefficient (Wildman–Crippen LogP) is 4.44. The summed E-state index contributed by atoms with van der Waals surface area (Å²) in [5.74, 6) is -0.955. The molecule has 2 aromatic heterocycles. The van der Waals surface area contributed by atoms with Gasteiger partial charge >= 0.3 is 5.97 Å². The zero-order valence-electron chi connectivity index (χ0n) is 12.9. The molecule has 4 rings (SSSR count). The molecule has 0 saturated carbocycles. The lowest BCUT2D eigenvalue weighted by Gasteiger charge is -2.11. The van der Waals surface area contributed by atoms with E-state index in [0.29, 0.717) is 5.02 Å². The Hall–Kier alpha value is -3.18. The fraction of sp³-hybridized carbons (Fsp3) is 0. The van der Waals surface area contributed by atoms with Crippen LogP contribution in [0.1, 0.15) is 10.4 Å². The fourth-order valence-corrected chi connectivity index (χ4v) is 2.90. The van der Waals surface area contributed by atoms with Crippen molar-refractivity contribution in [2.75, 3.05) is 0 Å². The summed E-state index contributed by atoms with van der Waals surface area (Å²) < 4.78 is 1.91. The second kappa shape index (κ2) is 6.03. The molecule has 25 heavy (non-hydrogen) atoms. The Balaban J connectivity index is 1.94. The molecule has 0 aliphatic rings. The topological polar surface area (TPSA) is 68.0 Å². The number of hydrogen-bond donors (Lipinski definition) is 1.